The fraction of sp³-hybridized carbons (Fsp3) is 0.579. The van der Waals surface area contributed by atoms with Crippen LogP contribution in [0, 0.1) is 0 Å². The molecule has 4 aliphatic rings. The van der Waals surface area contributed by atoms with Crippen LogP contribution in [-0.4, -0.2) is 137 Å². The summed E-state index contributed by atoms with van der Waals surface area (Å²) in [6.45, 7) is 7.08. The third-order valence-electron chi connectivity index (χ3n) is 9.82. The van der Waals surface area contributed by atoms with Gasteiger partial charge in [0.05, 0.1) is 52.2 Å². The molecule has 0 unspecified atom stereocenters. The van der Waals surface area contributed by atoms with Crippen molar-refractivity contribution in [2.24, 2.45) is 0 Å². The number of piperidine rings is 2. The standard InChI is InChI=1S/C11H17N3O3.C10H15N3O3.C9H13N3O.C8H11N3O/c1-17-10-9(16)8(7-15)12-11(13-10)14-5-3-2-4-6-14;1-16-9-8(15)7(6-14)11-10(12-9)13-4-2-3-5-13;13-8-6-10-9(11-7-8)12-4-2-1-3-5-12;12-7-5-9-8(10-6-7)11-3-1-2-4-11/h15-16H,2-7H2,1H3;14-15H,2-6H2,1H3;6-7,13H,1-5H2;5-6,12H,1-4H2. The molecule has 6 N–H and O–H groups in total. The summed E-state index contributed by atoms with van der Waals surface area (Å²) in [6, 6.07) is 0. The van der Waals surface area contributed by atoms with Gasteiger partial charge in [0.25, 0.3) is 11.8 Å². The van der Waals surface area contributed by atoms with Gasteiger partial charge in [-0.1, -0.05) is 0 Å². The second-order valence-corrected chi connectivity index (χ2v) is 13.9. The van der Waals surface area contributed by atoms with Gasteiger partial charge in [-0.3, -0.25) is 0 Å². The summed E-state index contributed by atoms with van der Waals surface area (Å²) in [6.07, 6.45) is 17.6. The molecule has 316 valence electrons. The Labute approximate surface area is 337 Å². The Balaban J connectivity index is 0.000000149. The maximum Gasteiger partial charge on any atom is 0.261 e. The van der Waals surface area contributed by atoms with Crippen molar-refractivity contribution in [2.45, 2.75) is 77.4 Å². The SMILES string of the molecule is COc1nc(N2CCCC2)nc(CO)c1O.COc1nc(N2CCCCC2)nc(CO)c1O.Oc1cnc(N2CCCC2)nc1.Oc1cnc(N2CCCCC2)nc1. The summed E-state index contributed by atoms with van der Waals surface area (Å²) in [5.41, 5.74) is 0.408. The molecule has 0 amide bonds. The zero-order valence-electron chi connectivity index (χ0n) is 33.3. The first kappa shape index (κ1) is 43.4. The molecular weight excluding hydrogens is 752 g/mol. The van der Waals surface area contributed by atoms with Crippen LogP contribution < -0.4 is 29.1 Å². The van der Waals surface area contributed by atoms with Crippen molar-refractivity contribution in [1.29, 1.82) is 0 Å². The number of hydrogen-bond acceptors (Lipinski definition) is 20. The largest absolute Gasteiger partial charge is 0.505 e. The van der Waals surface area contributed by atoms with Crippen LogP contribution in [0.4, 0.5) is 23.8 Å². The molecule has 8 heterocycles. The Morgan fingerprint density at radius 2 is 0.707 bits per heavy atom. The van der Waals surface area contributed by atoms with Gasteiger partial charge in [0.15, 0.2) is 11.5 Å². The van der Waals surface area contributed by atoms with E-state index in [-0.39, 0.29) is 59.4 Å². The average Bonchev–Trinajstić information content (AvgIpc) is 4.02. The predicted octanol–water partition coefficient (Wildman–Crippen LogP) is 2.91. The van der Waals surface area contributed by atoms with E-state index in [1.807, 2.05) is 9.80 Å². The van der Waals surface area contributed by atoms with Gasteiger partial charge >= 0.3 is 0 Å². The normalized spacial score (nSPS) is 16.3. The van der Waals surface area contributed by atoms with E-state index in [0.29, 0.717) is 11.9 Å². The van der Waals surface area contributed by atoms with Crippen molar-refractivity contribution in [1.82, 2.24) is 39.9 Å². The van der Waals surface area contributed by atoms with Gasteiger partial charge in [0.1, 0.15) is 11.4 Å². The van der Waals surface area contributed by atoms with E-state index in [1.54, 1.807) is 0 Å². The van der Waals surface area contributed by atoms with Crippen molar-refractivity contribution in [3.8, 4) is 34.8 Å². The second kappa shape index (κ2) is 22.3. The van der Waals surface area contributed by atoms with E-state index in [9.17, 15) is 10.2 Å². The quantitative estimate of drug-likeness (QED) is 0.150. The number of hydrogen-bond donors (Lipinski definition) is 6. The number of methoxy groups -OCH3 is 2. The molecule has 0 saturated carbocycles. The van der Waals surface area contributed by atoms with Gasteiger partial charge in [-0.05, 0) is 64.2 Å². The lowest BCUT2D eigenvalue weighted by atomic mass is 10.1. The Morgan fingerprint density at radius 1 is 0.431 bits per heavy atom. The number of nitrogens with zero attached hydrogens (tertiary/aromatic N) is 12. The van der Waals surface area contributed by atoms with Crippen molar-refractivity contribution in [3.63, 3.8) is 0 Å². The average molecular weight is 809 g/mol. The Bertz CT molecular complexity index is 1770. The molecule has 8 rings (SSSR count). The molecule has 4 aliphatic heterocycles. The monoisotopic (exact) mass is 808 g/mol. The third-order valence-corrected chi connectivity index (χ3v) is 9.82. The second-order valence-electron chi connectivity index (χ2n) is 13.9. The summed E-state index contributed by atoms with van der Waals surface area (Å²) in [5.74, 6) is 2.59. The minimum atomic E-state index is -0.328. The van der Waals surface area contributed by atoms with Gasteiger partial charge in [0, 0.05) is 52.4 Å². The maximum absolute atomic E-state index is 9.68. The number of anilines is 4. The first-order chi connectivity index (χ1) is 28.2. The maximum atomic E-state index is 9.68. The molecule has 20 heteroatoms. The van der Waals surface area contributed by atoms with Gasteiger partial charge in [-0.25, -0.2) is 29.9 Å². The molecule has 0 radical (unpaired) electrons. The number of rotatable bonds is 8. The highest BCUT2D eigenvalue weighted by Gasteiger charge is 2.21. The molecule has 4 aromatic heterocycles. The summed E-state index contributed by atoms with van der Waals surface area (Å²) < 4.78 is 9.93. The van der Waals surface area contributed by atoms with Gasteiger partial charge < -0.3 is 59.7 Å². The van der Waals surface area contributed by atoms with E-state index in [0.717, 1.165) is 89.9 Å². The Morgan fingerprint density at radius 3 is 0.983 bits per heavy atom. The number of aliphatic hydroxyl groups is 2. The first-order valence-corrected chi connectivity index (χ1v) is 19.8. The Hall–Kier alpha value is -5.76. The molecule has 4 aromatic rings. The molecule has 4 saturated heterocycles. The smallest absolute Gasteiger partial charge is 0.261 e. The first-order valence-electron chi connectivity index (χ1n) is 19.8. The van der Waals surface area contributed by atoms with Crippen LogP contribution in [0.1, 0.15) is 75.6 Å². The lowest BCUT2D eigenvalue weighted by Gasteiger charge is -2.27. The van der Waals surface area contributed by atoms with Crippen LogP contribution in [-0.2, 0) is 13.2 Å². The van der Waals surface area contributed by atoms with Crippen LogP contribution in [0.2, 0.25) is 0 Å². The zero-order valence-corrected chi connectivity index (χ0v) is 33.3. The summed E-state index contributed by atoms with van der Waals surface area (Å²) in [7, 11) is 2.86. The summed E-state index contributed by atoms with van der Waals surface area (Å²) in [5, 5.41) is 55.5. The topological polar surface area (TPSA) is 256 Å². The van der Waals surface area contributed by atoms with Gasteiger partial charge in [0.2, 0.25) is 35.3 Å². The lowest BCUT2D eigenvalue weighted by Crippen LogP contribution is -2.31. The molecular formula is C38H56N12O8. The number of ether oxygens (including phenoxy) is 2. The Kier molecular flexibility index (Phi) is 16.6. The highest BCUT2D eigenvalue weighted by molar-refractivity contribution is 5.45. The summed E-state index contributed by atoms with van der Waals surface area (Å²) >= 11 is 0. The van der Waals surface area contributed by atoms with Crippen molar-refractivity contribution >= 4 is 23.8 Å². The molecule has 0 bridgehead atoms. The van der Waals surface area contributed by atoms with Gasteiger partial charge in [-0.2, -0.15) is 9.97 Å². The van der Waals surface area contributed by atoms with E-state index in [4.69, 9.17) is 29.9 Å². The van der Waals surface area contributed by atoms with E-state index in [1.165, 1.54) is 77.5 Å². The zero-order chi connectivity index (χ0) is 41.3. The van der Waals surface area contributed by atoms with Crippen LogP contribution in [0.15, 0.2) is 24.8 Å². The lowest BCUT2D eigenvalue weighted by molar-refractivity contribution is 0.264. The molecule has 0 aromatic carbocycles. The van der Waals surface area contributed by atoms with Crippen LogP contribution in [0.25, 0.3) is 0 Å². The molecule has 0 atom stereocenters. The highest BCUT2D eigenvalue weighted by atomic mass is 16.5. The number of aromatic nitrogens is 8. The van der Waals surface area contributed by atoms with Crippen LogP contribution >= 0.6 is 0 Å². The van der Waals surface area contributed by atoms with Crippen molar-refractivity contribution in [2.75, 3.05) is 86.2 Å². The van der Waals surface area contributed by atoms with E-state index < -0.39 is 0 Å². The molecule has 4 fully saturated rings. The highest BCUT2D eigenvalue weighted by Crippen LogP contribution is 2.31. The van der Waals surface area contributed by atoms with E-state index >= 15 is 0 Å². The molecule has 20 nitrogen and oxygen atoms in total. The predicted molar refractivity (Wildman–Crippen MR) is 215 cm³/mol. The minimum absolute atomic E-state index is 0.112. The minimum Gasteiger partial charge on any atom is -0.505 e. The van der Waals surface area contributed by atoms with Crippen molar-refractivity contribution in [3.05, 3.63) is 36.2 Å². The van der Waals surface area contributed by atoms with Crippen molar-refractivity contribution < 1.29 is 40.1 Å². The van der Waals surface area contributed by atoms with Gasteiger partial charge in [-0.15, -0.1) is 0 Å². The van der Waals surface area contributed by atoms with E-state index in [2.05, 4.69) is 49.7 Å². The number of aliphatic hydroxyl groups excluding tert-OH is 2. The van der Waals surface area contributed by atoms with Crippen LogP contribution in [0.5, 0.6) is 34.8 Å². The number of aromatic hydroxyl groups is 4. The summed E-state index contributed by atoms with van der Waals surface area (Å²) in [4.78, 5) is 41.1. The molecule has 0 aliphatic carbocycles. The molecule has 0 spiro atoms. The fourth-order valence-corrected chi connectivity index (χ4v) is 6.70. The third kappa shape index (κ3) is 12.1. The van der Waals surface area contributed by atoms with Crippen LogP contribution in [0.3, 0.4) is 0 Å². The molecule has 58 heavy (non-hydrogen) atoms. The fourth-order valence-electron chi connectivity index (χ4n) is 6.70.